The van der Waals surface area contributed by atoms with E-state index in [1.165, 1.54) is 50.9 Å². The maximum absolute atomic E-state index is 11.8. The van der Waals surface area contributed by atoms with Gasteiger partial charge in [0.1, 0.15) is 5.78 Å². The van der Waals surface area contributed by atoms with Crippen molar-refractivity contribution < 1.29 is 4.79 Å². The number of carbonyl (C=O) groups is 1. The molecule has 0 amide bonds. The number of aromatic nitrogens is 2. The number of piperidine rings is 1. The monoisotopic (exact) mass is 317 g/mol. The summed E-state index contributed by atoms with van der Waals surface area (Å²) in [6, 6.07) is 0.581. The second-order valence-electron chi connectivity index (χ2n) is 7.57. The van der Waals surface area contributed by atoms with Crippen LogP contribution in [0.1, 0.15) is 63.5 Å². The van der Waals surface area contributed by atoms with Gasteiger partial charge in [-0.2, -0.15) is 5.10 Å². The number of Topliss-reactive ketones (excluding diaryl/α,β-unsaturated/α-hetero) is 1. The Morgan fingerprint density at radius 2 is 1.87 bits per heavy atom. The van der Waals surface area contributed by atoms with Gasteiger partial charge >= 0.3 is 0 Å². The molecule has 1 saturated heterocycles. The molecular weight excluding hydrogens is 286 g/mol. The Bertz CT molecular complexity index is 508. The molecule has 0 aromatic carbocycles. The molecule has 0 unspecified atom stereocenters. The van der Waals surface area contributed by atoms with Crippen molar-refractivity contribution in [2.24, 2.45) is 11.8 Å². The van der Waals surface area contributed by atoms with E-state index in [0.29, 0.717) is 17.7 Å². The van der Waals surface area contributed by atoms with Crippen molar-refractivity contribution in [1.29, 1.82) is 0 Å². The molecule has 2 heterocycles. The molecule has 1 aliphatic heterocycles. The predicted octanol–water partition coefficient (Wildman–Crippen LogP) is 3.61. The molecule has 2 fully saturated rings. The van der Waals surface area contributed by atoms with Gasteiger partial charge in [0.05, 0.1) is 12.2 Å². The SMILES string of the molecule is CCC(=O)[C@H]1CC[C@@H](CN2CCC(n3cc(C)cn3)CC2)CC1. The number of hydrogen-bond donors (Lipinski definition) is 0. The fourth-order valence-electron chi connectivity index (χ4n) is 4.32. The van der Waals surface area contributed by atoms with Gasteiger partial charge in [0, 0.05) is 38.2 Å². The minimum Gasteiger partial charge on any atom is -0.303 e. The van der Waals surface area contributed by atoms with E-state index in [1.807, 2.05) is 13.1 Å². The number of likely N-dealkylation sites (tertiary alicyclic amines) is 1. The zero-order valence-corrected chi connectivity index (χ0v) is 14.7. The third-order valence-electron chi connectivity index (χ3n) is 5.83. The van der Waals surface area contributed by atoms with Crippen molar-refractivity contribution in [2.45, 2.75) is 64.8 Å². The Morgan fingerprint density at radius 1 is 1.17 bits per heavy atom. The minimum atomic E-state index is 0.366. The first-order valence-electron chi connectivity index (χ1n) is 9.41. The van der Waals surface area contributed by atoms with Crippen LogP contribution in [0.15, 0.2) is 12.4 Å². The highest BCUT2D eigenvalue weighted by Crippen LogP contribution is 2.31. The highest BCUT2D eigenvalue weighted by molar-refractivity contribution is 5.80. The van der Waals surface area contributed by atoms with Crippen LogP contribution in [0.25, 0.3) is 0 Å². The van der Waals surface area contributed by atoms with Crippen LogP contribution in [0.4, 0.5) is 0 Å². The Kier molecular flexibility index (Phi) is 5.52. The fraction of sp³-hybridized carbons (Fsp3) is 0.789. The van der Waals surface area contributed by atoms with Crippen LogP contribution in [0, 0.1) is 18.8 Å². The van der Waals surface area contributed by atoms with Crippen LogP contribution >= 0.6 is 0 Å². The van der Waals surface area contributed by atoms with Crippen LogP contribution in [0.5, 0.6) is 0 Å². The summed E-state index contributed by atoms with van der Waals surface area (Å²) in [5.74, 6) is 1.66. The smallest absolute Gasteiger partial charge is 0.135 e. The first kappa shape index (κ1) is 16.7. The summed E-state index contributed by atoms with van der Waals surface area (Å²) in [4.78, 5) is 14.5. The van der Waals surface area contributed by atoms with Gasteiger partial charge in [-0.15, -0.1) is 0 Å². The van der Waals surface area contributed by atoms with Crippen molar-refractivity contribution in [3.8, 4) is 0 Å². The third-order valence-corrected chi connectivity index (χ3v) is 5.83. The zero-order chi connectivity index (χ0) is 16.2. The van der Waals surface area contributed by atoms with Crippen LogP contribution in [0.2, 0.25) is 0 Å². The lowest BCUT2D eigenvalue weighted by Gasteiger charge is -2.36. The summed E-state index contributed by atoms with van der Waals surface area (Å²) < 4.78 is 2.16. The average Bonchev–Trinajstić information content (AvgIpc) is 3.02. The summed E-state index contributed by atoms with van der Waals surface area (Å²) >= 11 is 0. The first-order chi connectivity index (χ1) is 11.2. The molecule has 1 saturated carbocycles. The topological polar surface area (TPSA) is 38.1 Å². The van der Waals surface area contributed by atoms with Crippen molar-refractivity contribution in [2.75, 3.05) is 19.6 Å². The molecular formula is C19H31N3O. The van der Waals surface area contributed by atoms with Crippen LogP contribution in [-0.2, 0) is 4.79 Å². The second-order valence-corrected chi connectivity index (χ2v) is 7.57. The number of ketones is 1. The molecule has 1 aliphatic carbocycles. The van der Waals surface area contributed by atoms with Crippen molar-refractivity contribution in [3.05, 3.63) is 18.0 Å². The van der Waals surface area contributed by atoms with Gasteiger partial charge in [-0.3, -0.25) is 9.48 Å². The Labute approximate surface area is 140 Å². The molecule has 3 rings (SSSR count). The van der Waals surface area contributed by atoms with Gasteiger partial charge in [-0.1, -0.05) is 6.92 Å². The molecule has 0 atom stereocenters. The van der Waals surface area contributed by atoms with E-state index in [1.54, 1.807) is 0 Å². The molecule has 128 valence electrons. The van der Waals surface area contributed by atoms with Crippen molar-refractivity contribution in [1.82, 2.24) is 14.7 Å². The number of carbonyl (C=O) groups excluding carboxylic acids is 1. The summed E-state index contributed by atoms with van der Waals surface area (Å²) in [6.07, 6.45) is 12.0. The van der Waals surface area contributed by atoms with Gasteiger partial charge in [-0.25, -0.2) is 0 Å². The number of hydrogen-bond acceptors (Lipinski definition) is 3. The number of aryl methyl sites for hydroxylation is 1. The van der Waals surface area contributed by atoms with Gasteiger partial charge in [-0.05, 0) is 56.9 Å². The molecule has 4 nitrogen and oxygen atoms in total. The van der Waals surface area contributed by atoms with Gasteiger partial charge in [0.2, 0.25) is 0 Å². The summed E-state index contributed by atoms with van der Waals surface area (Å²) in [5, 5.41) is 4.48. The number of nitrogens with zero attached hydrogens (tertiary/aromatic N) is 3. The molecule has 23 heavy (non-hydrogen) atoms. The van der Waals surface area contributed by atoms with Crippen LogP contribution in [-0.4, -0.2) is 40.1 Å². The maximum atomic E-state index is 11.8. The molecule has 0 bridgehead atoms. The summed E-state index contributed by atoms with van der Waals surface area (Å²) in [5.41, 5.74) is 1.26. The van der Waals surface area contributed by atoms with E-state index in [9.17, 15) is 4.79 Å². The quantitative estimate of drug-likeness (QED) is 0.832. The van der Waals surface area contributed by atoms with E-state index in [4.69, 9.17) is 0 Å². The van der Waals surface area contributed by atoms with E-state index < -0.39 is 0 Å². The second kappa shape index (κ2) is 7.61. The van der Waals surface area contributed by atoms with Gasteiger partial charge in [0.15, 0.2) is 0 Å². The Hall–Kier alpha value is -1.16. The molecule has 2 aliphatic rings. The standard InChI is InChI=1S/C19H31N3O/c1-3-19(23)17-6-4-16(5-7-17)14-21-10-8-18(9-11-21)22-13-15(2)12-20-22/h12-13,16-18H,3-11,14H2,1-2H3/t16-,17+. The molecule has 0 radical (unpaired) electrons. The van der Waals surface area contributed by atoms with Crippen molar-refractivity contribution in [3.63, 3.8) is 0 Å². The van der Waals surface area contributed by atoms with Crippen LogP contribution in [0.3, 0.4) is 0 Å². The largest absolute Gasteiger partial charge is 0.303 e. The highest BCUT2D eigenvalue weighted by atomic mass is 16.1. The third kappa shape index (κ3) is 4.23. The maximum Gasteiger partial charge on any atom is 0.135 e. The van der Waals surface area contributed by atoms with Crippen molar-refractivity contribution >= 4 is 5.78 Å². The van der Waals surface area contributed by atoms with E-state index in [2.05, 4.69) is 27.8 Å². The minimum absolute atomic E-state index is 0.366. The lowest BCUT2D eigenvalue weighted by atomic mass is 9.79. The lowest BCUT2D eigenvalue weighted by Crippen LogP contribution is -2.39. The predicted molar refractivity (Wildman–Crippen MR) is 92.4 cm³/mol. The van der Waals surface area contributed by atoms with E-state index in [0.717, 1.165) is 25.2 Å². The summed E-state index contributed by atoms with van der Waals surface area (Å²) in [6.45, 7) is 7.73. The average molecular weight is 317 g/mol. The number of rotatable bonds is 5. The highest BCUT2D eigenvalue weighted by Gasteiger charge is 2.28. The van der Waals surface area contributed by atoms with Gasteiger partial charge in [0.25, 0.3) is 0 Å². The normalized spacial score (nSPS) is 27.2. The molecule has 0 spiro atoms. The van der Waals surface area contributed by atoms with Gasteiger partial charge < -0.3 is 4.90 Å². The molecule has 1 aromatic rings. The molecule has 4 heteroatoms. The molecule has 0 N–H and O–H groups in total. The Balaban J connectivity index is 1.40. The zero-order valence-electron chi connectivity index (χ0n) is 14.7. The van der Waals surface area contributed by atoms with Crippen LogP contribution < -0.4 is 0 Å². The van der Waals surface area contributed by atoms with E-state index >= 15 is 0 Å². The lowest BCUT2D eigenvalue weighted by molar-refractivity contribution is -0.123. The van der Waals surface area contributed by atoms with E-state index in [-0.39, 0.29) is 0 Å². The molecule has 1 aromatic heterocycles. The fourth-order valence-corrected chi connectivity index (χ4v) is 4.32. The first-order valence-corrected chi connectivity index (χ1v) is 9.41. The summed E-state index contributed by atoms with van der Waals surface area (Å²) in [7, 11) is 0. The Morgan fingerprint density at radius 3 is 2.43 bits per heavy atom.